The van der Waals surface area contributed by atoms with Crippen molar-refractivity contribution in [2.24, 2.45) is 5.92 Å². The van der Waals surface area contributed by atoms with Gasteiger partial charge in [-0.1, -0.05) is 26.7 Å². The summed E-state index contributed by atoms with van der Waals surface area (Å²) in [7, 11) is 0. The van der Waals surface area contributed by atoms with Crippen LogP contribution in [0.3, 0.4) is 0 Å². The molecule has 1 heterocycles. The van der Waals surface area contributed by atoms with Crippen molar-refractivity contribution in [3.8, 4) is 0 Å². The maximum Gasteiger partial charge on any atom is 0.220 e. The summed E-state index contributed by atoms with van der Waals surface area (Å²) in [5.74, 6) is 2.57. The minimum absolute atomic E-state index is 0.175. The van der Waals surface area contributed by atoms with Gasteiger partial charge in [0.25, 0.3) is 0 Å². The van der Waals surface area contributed by atoms with Crippen LogP contribution in [-0.2, 0) is 10.5 Å². The highest BCUT2D eigenvalue weighted by atomic mass is 32.2. The Kier molecular flexibility index (Phi) is 8.14. The Hall–Kier alpha value is -0.550. The molecule has 1 rings (SSSR count). The third-order valence-corrected chi connectivity index (χ3v) is 4.95. The Morgan fingerprint density at radius 1 is 1.47 bits per heavy atom. The first-order valence-electron chi connectivity index (χ1n) is 6.91. The molecule has 5 heteroatoms. The Bertz CT molecular complexity index is 375. The zero-order chi connectivity index (χ0) is 14.1. The number of nitrogens with zero attached hydrogens (tertiary/aromatic N) is 1. The SMILES string of the molecule is CCC(CC)CNC(=O)CCSCc1csc(C)n1. The highest BCUT2D eigenvalue weighted by Gasteiger charge is 2.06. The lowest BCUT2D eigenvalue weighted by Crippen LogP contribution is -2.29. The molecule has 0 aliphatic rings. The molecule has 1 aromatic rings. The predicted octanol–water partition coefficient (Wildman–Crippen LogP) is 3.63. The van der Waals surface area contributed by atoms with Crippen LogP contribution >= 0.6 is 23.1 Å². The molecule has 1 amide bonds. The van der Waals surface area contributed by atoms with Crippen LogP contribution in [0.25, 0.3) is 0 Å². The summed E-state index contributed by atoms with van der Waals surface area (Å²) >= 11 is 3.46. The highest BCUT2D eigenvalue weighted by molar-refractivity contribution is 7.98. The van der Waals surface area contributed by atoms with Crippen molar-refractivity contribution >= 4 is 29.0 Å². The molecular weight excluding hydrogens is 276 g/mol. The Balaban J connectivity index is 2.07. The van der Waals surface area contributed by atoms with Gasteiger partial charge in [-0.2, -0.15) is 11.8 Å². The fraction of sp³-hybridized carbons (Fsp3) is 0.714. The van der Waals surface area contributed by atoms with Crippen LogP contribution < -0.4 is 5.32 Å². The number of aromatic nitrogens is 1. The van der Waals surface area contributed by atoms with E-state index in [2.05, 4.69) is 29.5 Å². The van der Waals surface area contributed by atoms with E-state index in [1.807, 2.05) is 6.92 Å². The molecule has 108 valence electrons. The average molecular weight is 300 g/mol. The smallest absolute Gasteiger partial charge is 0.220 e. The third-order valence-electron chi connectivity index (χ3n) is 3.13. The van der Waals surface area contributed by atoms with Crippen molar-refractivity contribution < 1.29 is 4.79 Å². The topological polar surface area (TPSA) is 42.0 Å². The minimum atomic E-state index is 0.175. The van der Waals surface area contributed by atoms with Gasteiger partial charge in [-0.3, -0.25) is 4.79 Å². The molecular formula is C14H24N2OS2. The number of amides is 1. The van der Waals surface area contributed by atoms with E-state index in [1.165, 1.54) is 0 Å². The van der Waals surface area contributed by atoms with Crippen molar-refractivity contribution in [1.29, 1.82) is 0 Å². The molecule has 0 aliphatic heterocycles. The van der Waals surface area contributed by atoms with E-state index in [9.17, 15) is 4.79 Å². The maximum atomic E-state index is 11.7. The van der Waals surface area contributed by atoms with Gasteiger partial charge >= 0.3 is 0 Å². The molecule has 0 spiro atoms. The van der Waals surface area contributed by atoms with Crippen LogP contribution in [0, 0.1) is 12.8 Å². The summed E-state index contributed by atoms with van der Waals surface area (Å²) in [5, 5.41) is 6.22. The molecule has 0 saturated carbocycles. The fourth-order valence-corrected chi connectivity index (χ4v) is 3.29. The van der Waals surface area contributed by atoms with E-state index in [0.29, 0.717) is 12.3 Å². The molecule has 0 fully saturated rings. The van der Waals surface area contributed by atoms with Gasteiger partial charge in [0.05, 0.1) is 10.7 Å². The lowest BCUT2D eigenvalue weighted by molar-refractivity contribution is -0.120. The van der Waals surface area contributed by atoms with E-state index < -0.39 is 0 Å². The summed E-state index contributed by atoms with van der Waals surface area (Å²) in [6.45, 7) is 7.18. The average Bonchev–Trinajstić information content (AvgIpc) is 2.82. The number of rotatable bonds is 9. The molecule has 0 aliphatic carbocycles. The van der Waals surface area contributed by atoms with E-state index in [0.717, 1.165) is 41.6 Å². The van der Waals surface area contributed by atoms with Crippen molar-refractivity contribution in [3.63, 3.8) is 0 Å². The number of hydrogen-bond acceptors (Lipinski definition) is 4. The van der Waals surface area contributed by atoms with Crippen LogP contribution in [0.2, 0.25) is 0 Å². The molecule has 3 nitrogen and oxygen atoms in total. The van der Waals surface area contributed by atoms with Gasteiger partial charge in [0.1, 0.15) is 0 Å². The van der Waals surface area contributed by atoms with Crippen LogP contribution in [0.4, 0.5) is 0 Å². The first kappa shape index (κ1) is 16.5. The zero-order valence-electron chi connectivity index (χ0n) is 12.1. The van der Waals surface area contributed by atoms with Crippen LogP contribution in [-0.4, -0.2) is 23.2 Å². The molecule has 19 heavy (non-hydrogen) atoms. The lowest BCUT2D eigenvalue weighted by Gasteiger charge is -2.12. The molecule has 0 bridgehead atoms. The fourth-order valence-electron chi connectivity index (χ4n) is 1.74. The number of carbonyl (C=O) groups is 1. The van der Waals surface area contributed by atoms with Gasteiger partial charge in [-0.15, -0.1) is 11.3 Å². The van der Waals surface area contributed by atoms with Gasteiger partial charge < -0.3 is 5.32 Å². The second kappa shape index (κ2) is 9.37. The van der Waals surface area contributed by atoms with Gasteiger partial charge in [-0.05, 0) is 12.8 Å². The standard InChI is InChI=1S/C14H24N2OS2/c1-4-12(5-2)8-15-14(17)6-7-18-9-13-10-19-11(3)16-13/h10,12H,4-9H2,1-3H3,(H,15,17). The van der Waals surface area contributed by atoms with Crippen LogP contribution in [0.5, 0.6) is 0 Å². The summed E-state index contributed by atoms with van der Waals surface area (Å²) in [6.07, 6.45) is 2.87. The molecule has 1 N–H and O–H groups in total. The normalized spacial score (nSPS) is 10.9. The number of carbonyl (C=O) groups excluding carboxylic acids is 1. The summed E-state index contributed by atoms with van der Waals surface area (Å²) in [5.41, 5.74) is 1.13. The van der Waals surface area contributed by atoms with E-state index in [4.69, 9.17) is 0 Å². The van der Waals surface area contributed by atoms with Crippen molar-refractivity contribution in [2.45, 2.75) is 45.8 Å². The summed E-state index contributed by atoms with van der Waals surface area (Å²) in [6, 6.07) is 0. The molecule has 1 aromatic heterocycles. The number of thiazole rings is 1. The Morgan fingerprint density at radius 2 is 2.21 bits per heavy atom. The molecule has 0 aromatic carbocycles. The number of nitrogens with one attached hydrogen (secondary N) is 1. The van der Waals surface area contributed by atoms with E-state index >= 15 is 0 Å². The van der Waals surface area contributed by atoms with Crippen molar-refractivity contribution in [2.75, 3.05) is 12.3 Å². The lowest BCUT2D eigenvalue weighted by atomic mass is 10.0. The predicted molar refractivity (Wildman–Crippen MR) is 84.7 cm³/mol. The second-order valence-electron chi connectivity index (χ2n) is 4.65. The molecule has 0 saturated heterocycles. The quantitative estimate of drug-likeness (QED) is 0.708. The van der Waals surface area contributed by atoms with Crippen molar-refractivity contribution in [3.05, 3.63) is 16.1 Å². The van der Waals surface area contributed by atoms with Crippen molar-refractivity contribution in [1.82, 2.24) is 10.3 Å². The maximum absolute atomic E-state index is 11.7. The second-order valence-corrected chi connectivity index (χ2v) is 6.81. The van der Waals surface area contributed by atoms with Gasteiger partial charge in [0, 0.05) is 29.9 Å². The van der Waals surface area contributed by atoms with Gasteiger partial charge in [0.15, 0.2) is 0 Å². The Labute approximate surface area is 124 Å². The zero-order valence-corrected chi connectivity index (χ0v) is 13.7. The first-order chi connectivity index (χ1) is 9.15. The van der Waals surface area contributed by atoms with Crippen LogP contribution in [0.15, 0.2) is 5.38 Å². The van der Waals surface area contributed by atoms with E-state index in [1.54, 1.807) is 23.1 Å². The largest absolute Gasteiger partial charge is 0.356 e. The highest BCUT2D eigenvalue weighted by Crippen LogP contribution is 2.15. The third kappa shape index (κ3) is 6.97. The molecule has 0 unspecified atom stereocenters. The first-order valence-corrected chi connectivity index (χ1v) is 8.94. The van der Waals surface area contributed by atoms with Crippen LogP contribution in [0.1, 0.15) is 43.8 Å². The van der Waals surface area contributed by atoms with E-state index in [-0.39, 0.29) is 5.91 Å². The molecule has 0 radical (unpaired) electrons. The minimum Gasteiger partial charge on any atom is -0.356 e. The monoisotopic (exact) mass is 300 g/mol. The summed E-state index contributed by atoms with van der Waals surface area (Å²) < 4.78 is 0. The number of aryl methyl sites for hydroxylation is 1. The number of thioether (sulfide) groups is 1. The molecule has 0 atom stereocenters. The Morgan fingerprint density at radius 3 is 2.79 bits per heavy atom. The number of hydrogen-bond donors (Lipinski definition) is 1. The van der Waals surface area contributed by atoms with Gasteiger partial charge in [-0.25, -0.2) is 4.98 Å². The summed E-state index contributed by atoms with van der Waals surface area (Å²) in [4.78, 5) is 16.1. The van der Waals surface area contributed by atoms with Gasteiger partial charge in [0.2, 0.25) is 5.91 Å².